The lowest BCUT2D eigenvalue weighted by Gasteiger charge is -2.15. The maximum absolute atomic E-state index is 4.76. The van der Waals surface area contributed by atoms with Gasteiger partial charge < -0.3 is 15.2 Å². The Hall–Kier alpha value is -4.85. The molecule has 5 heterocycles. The molecule has 0 fully saturated rings. The van der Waals surface area contributed by atoms with Gasteiger partial charge in [0, 0.05) is 67.1 Å². The fraction of sp³-hybridized carbons (Fsp3) is 0.138. The first-order valence-corrected chi connectivity index (χ1v) is 12.1. The summed E-state index contributed by atoms with van der Waals surface area (Å²) in [6, 6.07) is 20.3. The van der Waals surface area contributed by atoms with Gasteiger partial charge in [-0.15, -0.1) is 0 Å². The molecule has 0 aliphatic heterocycles. The van der Waals surface area contributed by atoms with E-state index in [4.69, 9.17) is 9.97 Å². The van der Waals surface area contributed by atoms with Crippen LogP contribution in [-0.2, 0) is 6.42 Å². The number of hydrogen-bond acceptors (Lipinski definition) is 7. The molecule has 0 amide bonds. The molecule has 0 radical (unpaired) electrons. The van der Waals surface area contributed by atoms with Gasteiger partial charge >= 0.3 is 0 Å². The number of hydrogen-bond donors (Lipinski definition) is 2. The summed E-state index contributed by atoms with van der Waals surface area (Å²) in [5, 5.41) is 4.48. The van der Waals surface area contributed by atoms with Crippen LogP contribution in [0, 0.1) is 6.92 Å². The summed E-state index contributed by atoms with van der Waals surface area (Å²) in [6.45, 7) is 2.00. The van der Waals surface area contributed by atoms with Crippen LogP contribution >= 0.6 is 0 Å². The number of nitrogens with zero attached hydrogens (tertiary/aromatic N) is 6. The van der Waals surface area contributed by atoms with Crippen molar-refractivity contribution in [2.24, 2.45) is 0 Å². The largest absolute Gasteiger partial charge is 0.378 e. The van der Waals surface area contributed by atoms with Gasteiger partial charge in [-0.05, 0) is 73.2 Å². The van der Waals surface area contributed by atoms with Crippen molar-refractivity contribution in [3.05, 3.63) is 96.2 Å². The van der Waals surface area contributed by atoms with E-state index in [0.29, 0.717) is 5.65 Å². The number of aryl methyl sites for hydroxylation is 1. The molecule has 8 nitrogen and oxygen atoms in total. The minimum absolute atomic E-state index is 0.695. The number of nitrogens with one attached hydrogen (secondary N) is 2. The molecule has 2 N–H and O–H groups in total. The molecule has 6 rings (SSSR count). The zero-order valence-corrected chi connectivity index (χ0v) is 20.9. The molecule has 0 saturated carbocycles. The van der Waals surface area contributed by atoms with Crippen LogP contribution in [0.15, 0.2) is 79.3 Å². The first-order chi connectivity index (χ1) is 18.0. The zero-order valence-electron chi connectivity index (χ0n) is 20.9. The quantitative estimate of drug-likeness (QED) is 0.313. The Balaban J connectivity index is 1.24. The molecule has 0 bridgehead atoms. The number of anilines is 3. The maximum atomic E-state index is 4.76. The molecule has 8 heteroatoms. The van der Waals surface area contributed by atoms with Crippen molar-refractivity contribution in [3.63, 3.8) is 0 Å². The summed E-state index contributed by atoms with van der Waals surface area (Å²) in [5.41, 5.74) is 8.64. The van der Waals surface area contributed by atoms with Crippen molar-refractivity contribution in [3.8, 4) is 11.4 Å². The fourth-order valence-corrected chi connectivity index (χ4v) is 4.36. The summed E-state index contributed by atoms with van der Waals surface area (Å²) >= 11 is 0. The van der Waals surface area contributed by atoms with Gasteiger partial charge in [0.05, 0.1) is 16.7 Å². The zero-order chi connectivity index (χ0) is 25.4. The summed E-state index contributed by atoms with van der Waals surface area (Å²) in [7, 11) is 4.06. The van der Waals surface area contributed by atoms with Crippen molar-refractivity contribution < 1.29 is 0 Å². The van der Waals surface area contributed by atoms with E-state index in [9.17, 15) is 0 Å². The fourth-order valence-electron chi connectivity index (χ4n) is 4.36. The maximum Gasteiger partial charge on any atom is 0.178 e. The Morgan fingerprint density at radius 1 is 0.865 bits per heavy atom. The Labute approximate surface area is 214 Å². The lowest BCUT2D eigenvalue weighted by atomic mass is 10.1. The van der Waals surface area contributed by atoms with Gasteiger partial charge in [0.2, 0.25) is 0 Å². The monoisotopic (exact) mass is 486 g/mol. The molecule has 0 aliphatic carbocycles. The second-order valence-electron chi connectivity index (χ2n) is 9.25. The number of fused-ring (bicyclic) bond motifs is 2. The van der Waals surface area contributed by atoms with Gasteiger partial charge in [0.25, 0.3) is 0 Å². The van der Waals surface area contributed by atoms with E-state index in [1.807, 2.05) is 75.9 Å². The van der Waals surface area contributed by atoms with Gasteiger partial charge in [0.1, 0.15) is 11.6 Å². The third kappa shape index (κ3) is 4.69. The first kappa shape index (κ1) is 22.6. The number of aromatic amines is 1. The second kappa shape index (κ2) is 9.31. The lowest BCUT2D eigenvalue weighted by Crippen LogP contribution is -2.08. The molecule has 0 atom stereocenters. The highest BCUT2D eigenvalue weighted by molar-refractivity contribution is 5.94. The summed E-state index contributed by atoms with van der Waals surface area (Å²) < 4.78 is 0. The average Bonchev–Trinajstić information content (AvgIpc) is 3.32. The van der Waals surface area contributed by atoms with E-state index in [2.05, 4.69) is 48.4 Å². The van der Waals surface area contributed by atoms with E-state index >= 15 is 0 Å². The van der Waals surface area contributed by atoms with E-state index in [1.165, 1.54) is 5.56 Å². The van der Waals surface area contributed by atoms with E-state index in [-0.39, 0.29) is 0 Å². The Bertz CT molecular complexity index is 1720. The summed E-state index contributed by atoms with van der Waals surface area (Å²) in [4.78, 5) is 28.3. The van der Waals surface area contributed by atoms with Crippen LogP contribution in [0.4, 0.5) is 17.2 Å². The number of imidazole rings is 1. The molecular formula is C29H26N8. The minimum Gasteiger partial charge on any atom is -0.378 e. The number of pyridine rings is 4. The van der Waals surface area contributed by atoms with Crippen LogP contribution in [0.2, 0.25) is 0 Å². The van der Waals surface area contributed by atoms with Crippen molar-refractivity contribution >= 4 is 39.3 Å². The molecule has 182 valence electrons. The van der Waals surface area contributed by atoms with Gasteiger partial charge in [-0.2, -0.15) is 0 Å². The van der Waals surface area contributed by atoms with Crippen LogP contribution < -0.4 is 10.2 Å². The van der Waals surface area contributed by atoms with Crippen molar-refractivity contribution in [1.29, 1.82) is 0 Å². The predicted molar refractivity (Wildman–Crippen MR) is 148 cm³/mol. The van der Waals surface area contributed by atoms with Crippen LogP contribution in [0.3, 0.4) is 0 Å². The highest BCUT2D eigenvalue weighted by Crippen LogP contribution is 2.28. The minimum atomic E-state index is 0.695. The average molecular weight is 487 g/mol. The van der Waals surface area contributed by atoms with Crippen molar-refractivity contribution in [2.75, 3.05) is 24.3 Å². The Morgan fingerprint density at radius 2 is 1.76 bits per heavy atom. The lowest BCUT2D eigenvalue weighted by molar-refractivity contribution is 1.06. The van der Waals surface area contributed by atoms with Gasteiger partial charge in [-0.25, -0.2) is 15.0 Å². The number of rotatable bonds is 6. The molecule has 37 heavy (non-hydrogen) atoms. The molecular weight excluding hydrogens is 460 g/mol. The number of aromatic nitrogens is 6. The SMILES string of the molecule is Cc1cc(Cc2ccc3[nH]c(-c4ccc(Nc5ccnc6ccc(N(C)C)cc56)nc4)nc3n2)ccn1. The molecule has 0 aliphatic rings. The molecule has 5 aromatic heterocycles. The topological polar surface area (TPSA) is 95.5 Å². The van der Waals surface area contributed by atoms with Crippen LogP contribution in [0.25, 0.3) is 33.5 Å². The van der Waals surface area contributed by atoms with E-state index < -0.39 is 0 Å². The van der Waals surface area contributed by atoms with Gasteiger partial charge in [0.15, 0.2) is 5.65 Å². The van der Waals surface area contributed by atoms with Crippen LogP contribution in [0.1, 0.15) is 17.0 Å². The molecule has 0 spiro atoms. The summed E-state index contributed by atoms with van der Waals surface area (Å²) in [5.74, 6) is 1.49. The number of benzene rings is 1. The first-order valence-electron chi connectivity index (χ1n) is 12.1. The van der Waals surface area contributed by atoms with Crippen LogP contribution in [0.5, 0.6) is 0 Å². The third-order valence-electron chi connectivity index (χ3n) is 6.29. The van der Waals surface area contributed by atoms with Crippen molar-refractivity contribution in [2.45, 2.75) is 13.3 Å². The van der Waals surface area contributed by atoms with E-state index in [1.54, 1.807) is 6.20 Å². The highest BCUT2D eigenvalue weighted by atomic mass is 15.1. The van der Waals surface area contributed by atoms with Gasteiger partial charge in [-0.3, -0.25) is 9.97 Å². The highest BCUT2D eigenvalue weighted by Gasteiger charge is 2.10. The molecule has 0 saturated heterocycles. The van der Waals surface area contributed by atoms with E-state index in [0.717, 1.165) is 62.8 Å². The number of H-pyrrole nitrogens is 1. The second-order valence-corrected chi connectivity index (χ2v) is 9.25. The van der Waals surface area contributed by atoms with Crippen LogP contribution in [-0.4, -0.2) is 44.0 Å². The predicted octanol–water partition coefficient (Wildman–Crippen LogP) is 5.67. The normalized spacial score (nSPS) is 11.2. The smallest absolute Gasteiger partial charge is 0.178 e. The summed E-state index contributed by atoms with van der Waals surface area (Å²) in [6.07, 6.45) is 6.19. The van der Waals surface area contributed by atoms with Crippen molar-refractivity contribution in [1.82, 2.24) is 29.9 Å². The Morgan fingerprint density at radius 3 is 2.57 bits per heavy atom. The van der Waals surface area contributed by atoms with Gasteiger partial charge in [-0.1, -0.05) is 0 Å². The standard InChI is InChI=1S/C29H26N8/c1-18-14-19(10-12-30-18)15-21-5-7-26-29(33-21)36-28(35-26)20-4-9-27(32-17-20)34-25-11-13-31-24-8-6-22(37(2)3)16-23(24)25/h4-14,16-17H,15H2,1-3H3,(H,31,32,34)(H,33,35,36). The molecule has 0 unspecified atom stereocenters. The third-order valence-corrected chi connectivity index (χ3v) is 6.29. The molecule has 6 aromatic rings. The Kier molecular flexibility index (Phi) is 5.69. The molecule has 1 aromatic carbocycles.